The van der Waals surface area contributed by atoms with E-state index in [0.717, 1.165) is 31.5 Å². The summed E-state index contributed by atoms with van der Waals surface area (Å²) in [6.07, 6.45) is 5.68. The lowest BCUT2D eigenvalue weighted by atomic mass is 10.1. The highest BCUT2D eigenvalue weighted by molar-refractivity contribution is 6.30. The van der Waals surface area contributed by atoms with E-state index >= 15 is 0 Å². The van der Waals surface area contributed by atoms with E-state index in [0.29, 0.717) is 11.1 Å². The summed E-state index contributed by atoms with van der Waals surface area (Å²) in [5.74, 6) is 0.0786. The number of rotatable bonds is 3. The number of halogens is 1. The third kappa shape index (κ3) is 4.08. The van der Waals surface area contributed by atoms with Gasteiger partial charge in [-0.1, -0.05) is 23.7 Å². The van der Waals surface area contributed by atoms with Crippen molar-refractivity contribution >= 4 is 23.6 Å². The average molecular weight is 279 g/mol. The summed E-state index contributed by atoms with van der Waals surface area (Å²) in [5.41, 5.74) is 0.986. The second-order valence-electron chi connectivity index (χ2n) is 4.80. The first-order chi connectivity index (χ1) is 9.19. The lowest BCUT2D eigenvalue weighted by Gasteiger charge is -2.31. The normalized spacial score (nSPS) is 19.9. The average Bonchev–Trinajstić information content (AvgIpc) is 2.46. The summed E-state index contributed by atoms with van der Waals surface area (Å²) in [6.45, 7) is 1.64. The first-order valence-corrected chi connectivity index (χ1v) is 6.96. The van der Waals surface area contributed by atoms with E-state index in [4.69, 9.17) is 11.6 Å². The minimum atomic E-state index is 0.0786. The monoisotopic (exact) mass is 278 g/mol. The van der Waals surface area contributed by atoms with Crippen molar-refractivity contribution in [2.75, 3.05) is 20.1 Å². The maximum Gasteiger partial charge on any atom is 0.246 e. The Morgan fingerprint density at radius 2 is 2.16 bits per heavy atom. The van der Waals surface area contributed by atoms with Crippen molar-refractivity contribution in [3.8, 4) is 0 Å². The maximum atomic E-state index is 12.1. The quantitative estimate of drug-likeness (QED) is 0.862. The van der Waals surface area contributed by atoms with Gasteiger partial charge in [-0.3, -0.25) is 4.79 Å². The van der Waals surface area contributed by atoms with Crippen LogP contribution in [0.5, 0.6) is 0 Å². The Hall–Kier alpha value is -1.32. The van der Waals surface area contributed by atoms with Crippen molar-refractivity contribution in [3.63, 3.8) is 0 Å². The smallest absolute Gasteiger partial charge is 0.246 e. The molecule has 0 aliphatic carbocycles. The molecule has 1 fully saturated rings. The zero-order valence-corrected chi connectivity index (χ0v) is 11.9. The van der Waals surface area contributed by atoms with E-state index in [9.17, 15) is 4.79 Å². The molecule has 19 heavy (non-hydrogen) atoms. The fraction of sp³-hybridized carbons (Fsp3) is 0.400. The van der Waals surface area contributed by atoms with Crippen LogP contribution in [-0.2, 0) is 4.79 Å². The third-order valence-electron chi connectivity index (χ3n) is 3.43. The summed E-state index contributed by atoms with van der Waals surface area (Å²) in [6, 6.07) is 7.87. The summed E-state index contributed by atoms with van der Waals surface area (Å²) >= 11 is 5.82. The lowest BCUT2D eigenvalue weighted by molar-refractivity contribution is -0.127. The number of likely N-dealkylation sites (N-methyl/N-ethyl adjacent to an activating group) is 1. The number of likely N-dealkylation sites (tertiary alicyclic amines) is 1. The first-order valence-electron chi connectivity index (χ1n) is 6.59. The number of hydrogen-bond acceptors (Lipinski definition) is 2. The standard InChI is InChI=1S/C15H19ClN2O/c1-17-14-3-2-10-18(11-14)15(19)9-6-12-4-7-13(16)8-5-12/h4-9,14,17H,2-3,10-11H2,1H3. The molecule has 4 heteroatoms. The number of nitrogens with one attached hydrogen (secondary N) is 1. The number of benzene rings is 1. The Bertz CT molecular complexity index is 456. The minimum Gasteiger partial charge on any atom is -0.338 e. The Balaban J connectivity index is 1.94. The molecule has 0 bridgehead atoms. The van der Waals surface area contributed by atoms with Gasteiger partial charge in [0.2, 0.25) is 5.91 Å². The summed E-state index contributed by atoms with van der Waals surface area (Å²) in [5, 5.41) is 3.94. The molecule has 1 heterocycles. The second kappa shape index (κ2) is 6.73. The predicted molar refractivity (Wildman–Crippen MR) is 79.1 cm³/mol. The molecule has 1 unspecified atom stereocenters. The van der Waals surface area contributed by atoms with Crippen LogP contribution < -0.4 is 5.32 Å². The molecule has 1 aromatic carbocycles. The molecule has 0 spiro atoms. The van der Waals surface area contributed by atoms with Crippen LogP contribution >= 0.6 is 11.6 Å². The highest BCUT2D eigenvalue weighted by Crippen LogP contribution is 2.13. The SMILES string of the molecule is CNC1CCCN(C(=O)C=Cc2ccc(Cl)cc2)C1. The van der Waals surface area contributed by atoms with Crippen molar-refractivity contribution in [1.29, 1.82) is 0 Å². The first kappa shape index (κ1) is 14.1. The fourth-order valence-electron chi connectivity index (χ4n) is 2.26. The molecule has 3 nitrogen and oxygen atoms in total. The molecule has 1 N–H and O–H groups in total. The van der Waals surface area contributed by atoms with Crippen molar-refractivity contribution < 1.29 is 4.79 Å². The topological polar surface area (TPSA) is 32.3 Å². The van der Waals surface area contributed by atoms with E-state index in [1.165, 1.54) is 0 Å². The van der Waals surface area contributed by atoms with Crippen molar-refractivity contribution in [2.24, 2.45) is 0 Å². The van der Waals surface area contributed by atoms with Gasteiger partial charge in [0.25, 0.3) is 0 Å². The van der Waals surface area contributed by atoms with Gasteiger partial charge in [0.05, 0.1) is 0 Å². The highest BCUT2D eigenvalue weighted by Gasteiger charge is 2.20. The summed E-state index contributed by atoms with van der Waals surface area (Å²) < 4.78 is 0. The second-order valence-corrected chi connectivity index (χ2v) is 5.23. The van der Waals surface area contributed by atoms with Gasteiger partial charge < -0.3 is 10.2 Å². The van der Waals surface area contributed by atoms with Crippen LogP contribution in [-0.4, -0.2) is 37.0 Å². The van der Waals surface area contributed by atoms with Crippen LogP contribution in [0.25, 0.3) is 6.08 Å². The molecule has 1 aromatic rings. The Morgan fingerprint density at radius 3 is 2.84 bits per heavy atom. The largest absolute Gasteiger partial charge is 0.338 e. The van der Waals surface area contributed by atoms with Crippen molar-refractivity contribution in [2.45, 2.75) is 18.9 Å². The van der Waals surface area contributed by atoms with E-state index in [-0.39, 0.29) is 5.91 Å². The van der Waals surface area contributed by atoms with E-state index in [2.05, 4.69) is 5.32 Å². The number of hydrogen-bond donors (Lipinski definition) is 1. The Morgan fingerprint density at radius 1 is 1.42 bits per heavy atom. The van der Waals surface area contributed by atoms with Gasteiger partial charge in [-0.25, -0.2) is 0 Å². The van der Waals surface area contributed by atoms with Gasteiger partial charge in [0, 0.05) is 30.2 Å². The molecule has 1 aliphatic rings. The summed E-state index contributed by atoms with van der Waals surface area (Å²) in [7, 11) is 1.95. The van der Waals surface area contributed by atoms with Crippen LogP contribution in [0.1, 0.15) is 18.4 Å². The van der Waals surface area contributed by atoms with E-state index in [1.54, 1.807) is 6.08 Å². The number of nitrogens with zero attached hydrogens (tertiary/aromatic N) is 1. The van der Waals surface area contributed by atoms with Gasteiger partial charge in [-0.15, -0.1) is 0 Å². The van der Waals surface area contributed by atoms with Crippen molar-refractivity contribution in [3.05, 3.63) is 40.9 Å². The van der Waals surface area contributed by atoms with Crippen LogP contribution in [0, 0.1) is 0 Å². The molecule has 1 atom stereocenters. The Labute approximate surface area is 119 Å². The highest BCUT2D eigenvalue weighted by atomic mass is 35.5. The molecule has 0 saturated carbocycles. The van der Waals surface area contributed by atoms with Gasteiger partial charge in [0.1, 0.15) is 0 Å². The van der Waals surface area contributed by atoms with Crippen molar-refractivity contribution in [1.82, 2.24) is 10.2 Å². The number of carbonyl (C=O) groups excluding carboxylic acids is 1. The molecule has 0 radical (unpaired) electrons. The van der Waals surface area contributed by atoms with Gasteiger partial charge in [-0.05, 0) is 43.7 Å². The molecule has 1 saturated heterocycles. The lowest BCUT2D eigenvalue weighted by Crippen LogP contribution is -2.46. The van der Waals surface area contributed by atoms with Gasteiger partial charge >= 0.3 is 0 Å². The number of piperidine rings is 1. The Kier molecular flexibility index (Phi) is 5.00. The zero-order chi connectivity index (χ0) is 13.7. The molecule has 1 aliphatic heterocycles. The van der Waals surface area contributed by atoms with Gasteiger partial charge in [-0.2, -0.15) is 0 Å². The molecule has 1 amide bonds. The molecule has 2 rings (SSSR count). The minimum absolute atomic E-state index is 0.0786. The number of amides is 1. The van der Waals surface area contributed by atoms with E-state index < -0.39 is 0 Å². The fourth-order valence-corrected chi connectivity index (χ4v) is 2.39. The zero-order valence-electron chi connectivity index (χ0n) is 11.1. The molecule has 102 valence electrons. The molecule has 0 aromatic heterocycles. The maximum absolute atomic E-state index is 12.1. The predicted octanol–water partition coefficient (Wildman–Crippen LogP) is 2.56. The molecular weight excluding hydrogens is 260 g/mol. The number of carbonyl (C=O) groups is 1. The molecular formula is C15H19ClN2O. The van der Waals surface area contributed by atoms with E-state index in [1.807, 2.05) is 42.3 Å². The van der Waals surface area contributed by atoms with Crippen LogP contribution in [0.4, 0.5) is 0 Å². The van der Waals surface area contributed by atoms with Crippen LogP contribution in [0.15, 0.2) is 30.3 Å². The van der Waals surface area contributed by atoms with Crippen LogP contribution in [0.3, 0.4) is 0 Å². The summed E-state index contributed by atoms with van der Waals surface area (Å²) in [4.78, 5) is 14.0. The third-order valence-corrected chi connectivity index (χ3v) is 3.68. The van der Waals surface area contributed by atoms with Gasteiger partial charge in [0.15, 0.2) is 0 Å². The van der Waals surface area contributed by atoms with Crippen LogP contribution in [0.2, 0.25) is 5.02 Å².